The van der Waals surface area contributed by atoms with Crippen molar-refractivity contribution < 1.29 is 38.9 Å². The van der Waals surface area contributed by atoms with Crippen molar-refractivity contribution in [1.29, 1.82) is 0 Å². The molecule has 5 aliphatic heterocycles. The summed E-state index contributed by atoms with van der Waals surface area (Å²) in [5.74, 6) is 11.4. The van der Waals surface area contributed by atoms with Crippen LogP contribution in [0.1, 0.15) is 79.1 Å². The van der Waals surface area contributed by atoms with Gasteiger partial charge < -0.3 is 29.3 Å². The third kappa shape index (κ3) is 23.9. The highest BCUT2D eigenvalue weighted by atomic mass is 32.3. The number of hydrogen-bond acceptors (Lipinski definition) is 22. The minimum atomic E-state index is -0.138. The van der Waals surface area contributed by atoms with Crippen LogP contribution in [-0.4, -0.2) is 118 Å². The van der Waals surface area contributed by atoms with Gasteiger partial charge in [0.2, 0.25) is 0 Å². The van der Waals surface area contributed by atoms with Gasteiger partial charge in [0.25, 0.3) is 0 Å². The second-order valence-electron chi connectivity index (χ2n) is 13.0. The Bertz CT molecular complexity index is 1750. The number of allylic oxidation sites excluding steroid dienone is 2. The molecule has 0 spiro atoms. The number of rotatable bonds is 24. The molecule has 24 heteroatoms. The van der Waals surface area contributed by atoms with Gasteiger partial charge in [0.05, 0.1) is 68.8 Å². The average Bonchev–Trinajstić information content (AvgIpc) is 4.10. The van der Waals surface area contributed by atoms with Gasteiger partial charge in [0.15, 0.2) is 0 Å². The third-order valence-corrected chi connectivity index (χ3v) is 31.8. The first-order valence-corrected chi connectivity index (χ1v) is 36.9. The van der Waals surface area contributed by atoms with E-state index >= 15 is 0 Å². The lowest BCUT2D eigenvalue weighted by Gasteiger charge is -2.09. The molecule has 5 heterocycles. The first-order chi connectivity index (χ1) is 32.0. The number of hydrogen-bond donors (Lipinski definition) is 2. The number of carbonyl (C=O) groups is 4. The molecule has 0 fully saturated rings. The van der Waals surface area contributed by atoms with E-state index in [9.17, 15) is 19.2 Å². The Morgan fingerprint density at radius 3 is 1.23 bits per heavy atom. The average molecular weight is 1210 g/mol. The van der Waals surface area contributed by atoms with Crippen molar-refractivity contribution >= 4 is 222 Å². The van der Waals surface area contributed by atoms with Crippen LogP contribution in [0.25, 0.3) is 0 Å². The van der Waals surface area contributed by atoms with Crippen LogP contribution in [0.5, 0.6) is 0 Å². The van der Waals surface area contributed by atoms with Crippen molar-refractivity contribution in [3.63, 3.8) is 0 Å². The van der Waals surface area contributed by atoms with Crippen molar-refractivity contribution in [2.75, 3.05) is 71.1 Å². The van der Waals surface area contributed by atoms with E-state index in [0.29, 0.717) is 49.1 Å². The van der Waals surface area contributed by atoms with Crippen molar-refractivity contribution in [3.8, 4) is 0 Å². The molecule has 5 aliphatic rings. The molecule has 0 aromatic heterocycles. The van der Waals surface area contributed by atoms with Crippen molar-refractivity contribution in [2.24, 2.45) is 0 Å². The van der Waals surface area contributed by atoms with Crippen LogP contribution in [0.15, 0.2) is 52.2 Å². The Morgan fingerprint density at radius 2 is 0.909 bits per heavy atom. The number of carbonyl (C=O) groups excluding carboxylic acids is 4. The van der Waals surface area contributed by atoms with Crippen LogP contribution in [0, 0.1) is 0 Å². The standard InChI is InChI=1S/C32H40O4S14.2C5H10O2S/c1-5-19-20(6-2)44-29(43-19)30-47-25-26(48-30)40-18-42-28-27(41-17-39-25)49-32(50-28)31-45-23(37-15-11-9-13-21(33)35-7-3)24(46-31)38-16-12-10-14-22(34)36-8-4;2*1-8(4-2-6)5-3-7/h5-18H2,1-4H3;2*2,7H,1,3-5H2. The van der Waals surface area contributed by atoms with Crippen LogP contribution in [-0.2, 0) is 28.7 Å². The number of unbranched alkanes of at least 4 members (excludes halogenated alkanes) is 2. The van der Waals surface area contributed by atoms with Gasteiger partial charge >= 0.3 is 11.9 Å². The maximum Gasteiger partial charge on any atom is 0.305 e. The molecule has 0 aromatic carbocycles. The van der Waals surface area contributed by atoms with E-state index in [4.69, 9.17) is 19.7 Å². The molecule has 0 saturated carbocycles. The molecule has 66 heavy (non-hydrogen) atoms. The smallest absolute Gasteiger partial charge is 0.305 e. The summed E-state index contributed by atoms with van der Waals surface area (Å²) >= 11 is 27.7. The van der Waals surface area contributed by atoms with Gasteiger partial charge in [-0.05, 0) is 73.7 Å². The highest BCUT2D eigenvalue weighted by Gasteiger charge is 2.34. The van der Waals surface area contributed by atoms with Gasteiger partial charge in [0.1, 0.15) is 12.6 Å². The molecular formula is C42H60O8S16. The summed E-state index contributed by atoms with van der Waals surface area (Å²) in [6, 6.07) is 0. The zero-order valence-electron chi connectivity index (χ0n) is 37.6. The minimum absolute atomic E-state index is 0.0956. The van der Waals surface area contributed by atoms with E-state index in [-0.39, 0.29) is 46.1 Å². The van der Waals surface area contributed by atoms with E-state index < -0.39 is 0 Å². The lowest BCUT2D eigenvalue weighted by molar-refractivity contribution is -0.144. The first kappa shape index (κ1) is 62.3. The first-order valence-electron chi connectivity index (χ1n) is 21.0. The summed E-state index contributed by atoms with van der Waals surface area (Å²) in [6.45, 7) is 9.45. The molecule has 0 saturated heterocycles. The molecule has 8 nitrogen and oxygen atoms in total. The van der Waals surface area contributed by atoms with Crippen LogP contribution in [0.2, 0.25) is 0 Å². The van der Waals surface area contributed by atoms with E-state index in [0.717, 1.165) is 72.8 Å². The second kappa shape index (κ2) is 37.7. The molecule has 0 amide bonds. The van der Waals surface area contributed by atoms with Crippen LogP contribution >= 0.6 is 186 Å². The van der Waals surface area contributed by atoms with E-state index in [1.807, 2.05) is 179 Å². The van der Waals surface area contributed by atoms with Crippen molar-refractivity contribution in [1.82, 2.24) is 0 Å². The maximum absolute atomic E-state index is 11.8. The van der Waals surface area contributed by atoms with Gasteiger partial charge in [-0.25, -0.2) is 0 Å². The van der Waals surface area contributed by atoms with Crippen LogP contribution < -0.4 is 0 Å². The number of thioether (sulfide) groups is 14. The number of aldehydes is 2. The Hall–Kier alpha value is 1.98. The van der Waals surface area contributed by atoms with Crippen molar-refractivity contribution in [2.45, 2.75) is 79.1 Å². The van der Waals surface area contributed by atoms with Crippen LogP contribution in [0.4, 0.5) is 0 Å². The number of aliphatic hydroxyl groups excluding tert-OH is 2. The molecule has 2 N–H and O–H groups in total. The fourth-order valence-corrected chi connectivity index (χ4v) is 28.4. The Morgan fingerprint density at radius 1 is 0.561 bits per heavy atom. The highest BCUT2D eigenvalue weighted by Crippen LogP contribution is 2.69. The third-order valence-electron chi connectivity index (χ3n) is 8.09. The van der Waals surface area contributed by atoms with Crippen molar-refractivity contribution in [3.05, 3.63) is 52.2 Å². The van der Waals surface area contributed by atoms with Crippen LogP contribution in [0.3, 0.4) is 0 Å². The molecular weight excluding hydrogens is 1150 g/mol. The lowest BCUT2D eigenvalue weighted by atomic mass is 10.2. The Labute approximate surface area is 457 Å². The van der Waals surface area contributed by atoms with Gasteiger partial charge in [0, 0.05) is 46.0 Å². The second-order valence-corrected chi connectivity index (χ2v) is 34.8. The number of aliphatic hydroxyl groups is 2. The SMILES string of the molecule is C=S(CC=O)CCO.C=S(CC=O)CCO.CCOC(=O)CCCCSC1=C(SCCCCC(=O)OCC)SC(=C2SC3=C(SCSC4=C(SCS3)SC(=C3SC(CC)=C(CC)S3)S4)S2)S1. The molecule has 2 atom stereocenters. The molecule has 0 radical (unpaired) electrons. The lowest BCUT2D eigenvalue weighted by Crippen LogP contribution is -2.03. The summed E-state index contributed by atoms with van der Waals surface area (Å²) in [5, 5.41) is 18.7. The van der Waals surface area contributed by atoms with Gasteiger partial charge in [-0.15, -0.1) is 70.6 Å². The molecule has 372 valence electrons. The molecule has 0 aromatic rings. The van der Waals surface area contributed by atoms with Gasteiger partial charge in [-0.1, -0.05) is 120 Å². The van der Waals surface area contributed by atoms with Gasteiger partial charge in [-0.3, -0.25) is 9.59 Å². The summed E-state index contributed by atoms with van der Waals surface area (Å²) in [6.07, 6.45) is 8.62. The monoisotopic (exact) mass is 1200 g/mol. The normalized spacial score (nSPS) is 18.4. The molecule has 0 bridgehead atoms. The Balaban J connectivity index is 0.000000615. The number of esters is 2. The minimum Gasteiger partial charge on any atom is -0.466 e. The fourth-order valence-electron chi connectivity index (χ4n) is 5.01. The quantitative estimate of drug-likeness (QED) is 0.0411. The van der Waals surface area contributed by atoms with E-state index in [2.05, 4.69) is 25.6 Å². The Kier molecular flexibility index (Phi) is 35.5. The van der Waals surface area contributed by atoms with Gasteiger partial charge in [-0.2, -0.15) is 21.0 Å². The molecule has 0 aliphatic carbocycles. The van der Waals surface area contributed by atoms with E-state index in [1.165, 1.54) is 42.4 Å². The largest absolute Gasteiger partial charge is 0.466 e. The molecule has 2 unspecified atom stereocenters. The topological polar surface area (TPSA) is 127 Å². The predicted octanol–water partition coefficient (Wildman–Crippen LogP) is 15.1. The summed E-state index contributed by atoms with van der Waals surface area (Å²) < 4.78 is 24.6. The van der Waals surface area contributed by atoms with E-state index in [1.54, 1.807) is 9.81 Å². The maximum atomic E-state index is 11.8. The number of ether oxygens (including phenoxy) is 2. The highest BCUT2D eigenvalue weighted by molar-refractivity contribution is 8.48. The zero-order valence-corrected chi connectivity index (χ0v) is 50.7. The predicted molar refractivity (Wildman–Crippen MR) is 325 cm³/mol. The molecule has 5 rings (SSSR count). The fraction of sp³-hybridized carbons (Fsp3) is 0.571. The summed E-state index contributed by atoms with van der Waals surface area (Å²) in [5.41, 5.74) is 0. The summed E-state index contributed by atoms with van der Waals surface area (Å²) in [7, 11) is -0.276. The summed E-state index contributed by atoms with van der Waals surface area (Å²) in [4.78, 5) is 46.2. The zero-order chi connectivity index (χ0) is 48.1.